The van der Waals surface area contributed by atoms with Gasteiger partial charge in [0.25, 0.3) is 0 Å². The molecule has 0 unspecified atom stereocenters. The number of carbonyl (C=O) groups is 1. The van der Waals surface area contributed by atoms with Crippen LogP contribution in [-0.2, 0) is 4.79 Å². The van der Waals surface area contributed by atoms with Gasteiger partial charge in [0.15, 0.2) is 0 Å². The highest BCUT2D eigenvalue weighted by atomic mass is 28.2. The predicted octanol–water partition coefficient (Wildman–Crippen LogP) is 0.849. The van der Waals surface area contributed by atoms with Crippen LogP contribution in [0.25, 0.3) is 0 Å². The van der Waals surface area contributed by atoms with Gasteiger partial charge in [-0.2, -0.15) is 0 Å². The van der Waals surface area contributed by atoms with E-state index in [1.807, 2.05) is 0 Å². The van der Waals surface area contributed by atoms with Gasteiger partial charge in [-0.05, 0) is 12.5 Å². The lowest BCUT2D eigenvalue weighted by atomic mass is 10.4. The number of hydrogen-bond donors (Lipinski definition) is 1. The monoisotopic (exact) mass is 155 g/mol. The first-order chi connectivity index (χ1) is 4.81. The zero-order valence-corrected chi connectivity index (χ0v) is 7.31. The van der Waals surface area contributed by atoms with E-state index in [1.54, 1.807) is 0 Å². The van der Waals surface area contributed by atoms with Crippen molar-refractivity contribution in [3.05, 3.63) is 12.7 Å². The summed E-state index contributed by atoms with van der Waals surface area (Å²) < 4.78 is 0. The maximum Gasteiger partial charge on any atom is 0.243 e. The van der Waals surface area contributed by atoms with E-state index >= 15 is 0 Å². The van der Waals surface area contributed by atoms with Gasteiger partial charge in [-0.1, -0.05) is 19.2 Å². The summed E-state index contributed by atoms with van der Waals surface area (Å²) >= 11 is 0. The van der Waals surface area contributed by atoms with Crippen molar-refractivity contribution in [2.75, 3.05) is 6.54 Å². The van der Waals surface area contributed by atoms with Gasteiger partial charge in [-0.25, -0.2) is 0 Å². The first-order valence-electron chi connectivity index (χ1n) is 3.36. The van der Waals surface area contributed by atoms with Crippen molar-refractivity contribution in [2.24, 2.45) is 0 Å². The molecule has 0 bridgehead atoms. The number of hydrogen-bond acceptors (Lipinski definition) is 1. The van der Waals surface area contributed by atoms with Gasteiger partial charge < -0.3 is 5.32 Å². The number of amides is 1. The topological polar surface area (TPSA) is 29.1 Å². The number of carbonyl (C=O) groups excluding carboxylic acids is 1. The van der Waals surface area contributed by atoms with Crippen LogP contribution in [0.5, 0.6) is 0 Å². The van der Waals surface area contributed by atoms with Gasteiger partial charge in [-0.3, -0.25) is 4.79 Å². The van der Waals surface area contributed by atoms with Gasteiger partial charge in [0.05, 0.1) is 0 Å². The van der Waals surface area contributed by atoms with Gasteiger partial charge >= 0.3 is 0 Å². The fraction of sp³-hybridized carbons (Fsp3) is 0.571. The Morgan fingerprint density at radius 2 is 2.50 bits per heavy atom. The van der Waals surface area contributed by atoms with E-state index in [2.05, 4.69) is 18.4 Å². The van der Waals surface area contributed by atoms with Crippen molar-refractivity contribution in [1.29, 1.82) is 0 Å². The number of nitrogens with one attached hydrogen (secondary N) is 1. The molecule has 0 aromatic carbocycles. The molecule has 0 atom stereocenters. The van der Waals surface area contributed by atoms with Crippen molar-refractivity contribution in [2.45, 2.75) is 19.0 Å². The summed E-state index contributed by atoms with van der Waals surface area (Å²) in [7, 11) is 0.985. The largest absolute Gasteiger partial charge is 0.353 e. The smallest absolute Gasteiger partial charge is 0.243 e. The Morgan fingerprint density at radius 1 is 1.80 bits per heavy atom. The third-order valence-electron chi connectivity index (χ3n) is 1.09. The molecule has 0 aliphatic heterocycles. The lowest BCUT2D eigenvalue weighted by Gasteiger charge is -1.98. The van der Waals surface area contributed by atoms with Gasteiger partial charge in [-0.15, -0.1) is 0 Å². The minimum Gasteiger partial charge on any atom is -0.353 e. The molecule has 0 aliphatic carbocycles. The quantitative estimate of drug-likeness (QED) is 0.356. The SMILES string of the molecule is C=CC(=O)NCCC[Si]C. The first-order valence-corrected chi connectivity index (χ1v) is 5.07. The van der Waals surface area contributed by atoms with Crippen molar-refractivity contribution in [1.82, 2.24) is 5.32 Å². The van der Waals surface area contributed by atoms with Crippen LogP contribution in [0.2, 0.25) is 12.6 Å². The van der Waals surface area contributed by atoms with Crippen LogP contribution in [0, 0.1) is 0 Å². The summed E-state index contributed by atoms with van der Waals surface area (Å²) in [6, 6.07) is 1.21. The Bertz CT molecular complexity index is 114. The molecule has 2 nitrogen and oxygen atoms in total. The lowest BCUT2D eigenvalue weighted by molar-refractivity contribution is -0.116. The summed E-state index contributed by atoms with van der Waals surface area (Å²) in [5.41, 5.74) is 0. The molecule has 0 aromatic rings. The van der Waals surface area contributed by atoms with Gasteiger partial charge in [0.1, 0.15) is 0 Å². The van der Waals surface area contributed by atoms with Crippen molar-refractivity contribution < 1.29 is 4.79 Å². The zero-order valence-electron chi connectivity index (χ0n) is 6.31. The van der Waals surface area contributed by atoms with Crippen LogP contribution < -0.4 is 5.32 Å². The van der Waals surface area contributed by atoms with Gasteiger partial charge in [0.2, 0.25) is 5.91 Å². The summed E-state index contributed by atoms with van der Waals surface area (Å²) in [5.74, 6) is -0.0700. The number of rotatable bonds is 5. The van der Waals surface area contributed by atoms with E-state index in [9.17, 15) is 4.79 Å². The van der Waals surface area contributed by atoms with Crippen LogP contribution in [0.3, 0.4) is 0 Å². The van der Waals surface area contributed by atoms with Crippen molar-refractivity contribution in [3.8, 4) is 0 Å². The second-order valence-corrected chi connectivity index (χ2v) is 3.16. The molecule has 0 fully saturated rings. The Hall–Kier alpha value is -0.573. The molecule has 1 N–H and O–H groups in total. The molecule has 0 aromatic heterocycles. The Morgan fingerprint density at radius 3 is 3.00 bits per heavy atom. The molecular formula is C7H13NOSi. The maximum atomic E-state index is 10.5. The summed E-state index contributed by atoms with van der Waals surface area (Å²) in [6.45, 7) is 6.29. The molecule has 10 heavy (non-hydrogen) atoms. The Labute approximate surface area is 64.5 Å². The van der Waals surface area contributed by atoms with Crippen molar-refractivity contribution >= 4 is 15.4 Å². The van der Waals surface area contributed by atoms with E-state index in [0.29, 0.717) is 0 Å². The van der Waals surface area contributed by atoms with Crippen molar-refractivity contribution in [3.63, 3.8) is 0 Å². The molecule has 2 radical (unpaired) electrons. The zero-order chi connectivity index (χ0) is 7.82. The third-order valence-corrected chi connectivity index (χ3v) is 1.94. The van der Waals surface area contributed by atoms with Gasteiger partial charge in [0, 0.05) is 16.1 Å². The average Bonchev–Trinajstić information content (AvgIpc) is 1.98. The lowest BCUT2D eigenvalue weighted by Crippen LogP contribution is -2.21. The molecule has 3 heteroatoms. The normalized spacial score (nSPS) is 8.90. The highest BCUT2D eigenvalue weighted by Gasteiger charge is 1.90. The predicted molar refractivity (Wildman–Crippen MR) is 44.2 cm³/mol. The minimum atomic E-state index is -0.0700. The van der Waals surface area contributed by atoms with Crippen LogP contribution in [0.15, 0.2) is 12.7 Å². The summed E-state index contributed by atoms with van der Waals surface area (Å²) in [6.07, 6.45) is 2.38. The van der Waals surface area contributed by atoms with Crippen LogP contribution in [-0.4, -0.2) is 22.0 Å². The summed E-state index contributed by atoms with van der Waals surface area (Å²) in [4.78, 5) is 10.5. The van der Waals surface area contributed by atoms with Crippen LogP contribution in [0.1, 0.15) is 6.42 Å². The first kappa shape index (κ1) is 9.43. The van der Waals surface area contributed by atoms with E-state index in [1.165, 1.54) is 12.1 Å². The molecular weight excluding hydrogens is 142 g/mol. The molecule has 0 heterocycles. The minimum absolute atomic E-state index is 0.0700. The summed E-state index contributed by atoms with van der Waals surface area (Å²) in [5, 5.41) is 2.71. The van der Waals surface area contributed by atoms with E-state index in [-0.39, 0.29) is 5.91 Å². The van der Waals surface area contributed by atoms with E-state index in [0.717, 1.165) is 22.5 Å². The van der Waals surface area contributed by atoms with E-state index in [4.69, 9.17) is 0 Å². The Kier molecular flexibility index (Phi) is 6.17. The molecule has 0 aliphatic rings. The average molecular weight is 155 g/mol. The molecule has 0 rings (SSSR count). The second-order valence-electron chi connectivity index (χ2n) is 1.95. The fourth-order valence-corrected chi connectivity index (χ4v) is 1.08. The van der Waals surface area contributed by atoms with Crippen LogP contribution >= 0.6 is 0 Å². The highest BCUT2D eigenvalue weighted by molar-refractivity contribution is 6.33. The molecule has 0 spiro atoms. The molecule has 1 amide bonds. The third kappa shape index (κ3) is 5.56. The van der Waals surface area contributed by atoms with Crippen LogP contribution in [0.4, 0.5) is 0 Å². The second kappa shape index (κ2) is 6.55. The highest BCUT2D eigenvalue weighted by Crippen LogP contribution is 1.84. The maximum absolute atomic E-state index is 10.5. The van der Waals surface area contributed by atoms with E-state index < -0.39 is 0 Å². The molecule has 0 saturated carbocycles. The molecule has 56 valence electrons. The Balaban J connectivity index is 3.03. The fourth-order valence-electron chi connectivity index (χ4n) is 0.549. The molecule has 0 saturated heterocycles. The standard InChI is InChI=1S/C7H13NOSi/c1-3-7(9)8-5-4-6-10-2/h3H,1,4-6H2,2H3,(H,8,9).